The number of hydrogen-bond donors (Lipinski definition) is 2. The number of carbonyl (C=O) groups excluding carboxylic acids is 1. The van der Waals surface area contributed by atoms with Crippen molar-refractivity contribution in [3.05, 3.63) is 30.0 Å². The maximum Gasteiger partial charge on any atom is 0.234 e. The van der Waals surface area contributed by atoms with E-state index in [0.717, 1.165) is 21.3 Å². The summed E-state index contributed by atoms with van der Waals surface area (Å²) in [5, 5.41) is 3.36. The van der Waals surface area contributed by atoms with Crippen molar-refractivity contribution in [2.24, 2.45) is 0 Å². The Hall–Kier alpha value is -1.73. The van der Waals surface area contributed by atoms with Gasteiger partial charge in [-0.15, -0.1) is 11.8 Å². The van der Waals surface area contributed by atoms with E-state index in [1.165, 1.54) is 23.1 Å². The third-order valence-corrected chi connectivity index (χ3v) is 4.83. The number of rotatable bonds is 5. The van der Waals surface area contributed by atoms with Crippen molar-refractivity contribution in [1.29, 1.82) is 0 Å². The molecule has 0 aliphatic rings. The number of hydrogen-bond acceptors (Lipinski definition) is 6. The van der Waals surface area contributed by atoms with E-state index in [-0.39, 0.29) is 5.91 Å². The number of anilines is 2. The average Bonchev–Trinajstić information content (AvgIpc) is 2.75. The van der Waals surface area contributed by atoms with Gasteiger partial charge in [-0.25, -0.2) is 4.98 Å². The van der Waals surface area contributed by atoms with Crippen molar-refractivity contribution in [3.8, 4) is 5.75 Å². The molecule has 5 nitrogen and oxygen atoms in total. The highest BCUT2D eigenvalue weighted by molar-refractivity contribution is 8.01. The molecule has 0 saturated carbocycles. The van der Waals surface area contributed by atoms with Crippen LogP contribution in [0.3, 0.4) is 0 Å². The molecule has 2 rings (SSSR count). The molecule has 0 spiro atoms. The highest BCUT2D eigenvalue weighted by Gasteiger charge is 2.09. The van der Waals surface area contributed by atoms with Gasteiger partial charge in [0.2, 0.25) is 5.91 Å². The Morgan fingerprint density at radius 1 is 1.45 bits per heavy atom. The summed E-state index contributed by atoms with van der Waals surface area (Å²) >= 11 is 2.84. The fraction of sp³-hybridized carbons (Fsp3) is 0.231. The van der Waals surface area contributed by atoms with Gasteiger partial charge in [0, 0.05) is 5.69 Å². The van der Waals surface area contributed by atoms with Gasteiger partial charge in [-0.2, -0.15) is 0 Å². The first-order valence-corrected chi connectivity index (χ1v) is 7.68. The summed E-state index contributed by atoms with van der Waals surface area (Å²) in [6.45, 7) is 1.89. The number of nitrogens with two attached hydrogens (primary N) is 1. The fourth-order valence-corrected chi connectivity index (χ4v) is 3.36. The van der Waals surface area contributed by atoms with Gasteiger partial charge in [-0.3, -0.25) is 4.79 Å². The number of aromatic nitrogens is 1. The predicted octanol–water partition coefficient (Wildman–Crippen LogP) is 2.77. The number of thioether (sulfide) groups is 1. The second kappa shape index (κ2) is 6.62. The summed E-state index contributed by atoms with van der Waals surface area (Å²) in [7, 11) is 1.60. The number of thiazole rings is 1. The molecule has 1 aromatic carbocycles. The number of benzene rings is 1. The van der Waals surface area contributed by atoms with Crippen LogP contribution in [-0.2, 0) is 4.79 Å². The molecule has 20 heavy (non-hydrogen) atoms. The number of ether oxygens (including phenoxy) is 1. The van der Waals surface area contributed by atoms with Crippen LogP contribution in [0.1, 0.15) is 5.69 Å². The molecule has 0 saturated heterocycles. The van der Waals surface area contributed by atoms with Gasteiger partial charge in [-0.05, 0) is 31.2 Å². The van der Waals surface area contributed by atoms with Crippen LogP contribution < -0.4 is 15.8 Å². The molecule has 0 atom stereocenters. The van der Waals surface area contributed by atoms with Crippen LogP contribution in [-0.4, -0.2) is 23.8 Å². The number of aryl methyl sites for hydroxylation is 1. The Morgan fingerprint density at radius 2 is 2.15 bits per heavy atom. The number of carbonyl (C=O) groups is 1. The summed E-state index contributed by atoms with van der Waals surface area (Å²) in [5.74, 6) is 1.02. The normalized spacial score (nSPS) is 10.3. The first-order chi connectivity index (χ1) is 9.58. The maximum absolute atomic E-state index is 11.8. The van der Waals surface area contributed by atoms with Crippen molar-refractivity contribution in [2.75, 3.05) is 23.9 Å². The van der Waals surface area contributed by atoms with Gasteiger partial charge in [0.1, 0.15) is 5.75 Å². The molecule has 0 fully saturated rings. The van der Waals surface area contributed by atoms with Crippen LogP contribution in [0, 0.1) is 6.92 Å². The molecule has 2 aromatic rings. The summed E-state index contributed by atoms with van der Waals surface area (Å²) in [6.07, 6.45) is 0. The van der Waals surface area contributed by atoms with E-state index in [0.29, 0.717) is 10.9 Å². The van der Waals surface area contributed by atoms with Crippen molar-refractivity contribution >= 4 is 39.8 Å². The fourth-order valence-electron chi connectivity index (χ4n) is 1.54. The van der Waals surface area contributed by atoms with Crippen molar-refractivity contribution in [3.63, 3.8) is 0 Å². The summed E-state index contributed by atoms with van der Waals surface area (Å²) in [6, 6.07) is 7.21. The minimum atomic E-state index is -0.0634. The first-order valence-electron chi connectivity index (χ1n) is 5.88. The molecule has 0 aliphatic heterocycles. The van der Waals surface area contributed by atoms with Gasteiger partial charge in [-0.1, -0.05) is 11.3 Å². The minimum Gasteiger partial charge on any atom is -0.497 e. The molecule has 106 valence electrons. The van der Waals surface area contributed by atoms with E-state index in [9.17, 15) is 4.79 Å². The van der Waals surface area contributed by atoms with Crippen molar-refractivity contribution < 1.29 is 9.53 Å². The maximum atomic E-state index is 11.8. The van der Waals surface area contributed by atoms with Gasteiger partial charge in [0.25, 0.3) is 0 Å². The van der Waals surface area contributed by atoms with Crippen LogP contribution in [0.4, 0.5) is 10.8 Å². The van der Waals surface area contributed by atoms with E-state index in [4.69, 9.17) is 10.5 Å². The summed E-state index contributed by atoms with van der Waals surface area (Å²) < 4.78 is 6.04. The lowest BCUT2D eigenvalue weighted by atomic mass is 10.3. The highest BCUT2D eigenvalue weighted by atomic mass is 32.2. The first kappa shape index (κ1) is 14.7. The summed E-state index contributed by atoms with van der Waals surface area (Å²) in [5.41, 5.74) is 7.24. The SMILES string of the molecule is COc1ccc(NC(=O)CSc2sc(N)nc2C)cc1. The van der Waals surface area contributed by atoms with Gasteiger partial charge in [0.15, 0.2) is 5.13 Å². The highest BCUT2D eigenvalue weighted by Crippen LogP contribution is 2.30. The van der Waals surface area contributed by atoms with E-state index in [1.807, 2.05) is 6.92 Å². The third-order valence-electron chi connectivity index (χ3n) is 2.48. The molecule has 0 bridgehead atoms. The van der Waals surface area contributed by atoms with Gasteiger partial charge >= 0.3 is 0 Å². The lowest BCUT2D eigenvalue weighted by Gasteiger charge is -2.05. The molecule has 1 amide bonds. The minimum absolute atomic E-state index is 0.0634. The zero-order chi connectivity index (χ0) is 14.5. The second-order valence-corrected chi connectivity index (χ2v) is 6.26. The zero-order valence-electron chi connectivity index (χ0n) is 11.2. The van der Waals surface area contributed by atoms with Crippen LogP contribution in [0.5, 0.6) is 5.75 Å². The second-order valence-electron chi connectivity index (χ2n) is 3.99. The number of nitrogens with one attached hydrogen (secondary N) is 1. The monoisotopic (exact) mass is 309 g/mol. The Labute approximate surface area is 125 Å². The molecule has 3 N–H and O–H groups in total. The number of nitrogen functional groups attached to an aromatic ring is 1. The predicted molar refractivity (Wildman–Crippen MR) is 83.6 cm³/mol. The number of nitrogens with zero attached hydrogens (tertiary/aromatic N) is 1. The van der Waals surface area contributed by atoms with Crippen molar-refractivity contribution in [2.45, 2.75) is 11.1 Å². The smallest absolute Gasteiger partial charge is 0.234 e. The van der Waals surface area contributed by atoms with E-state index in [2.05, 4.69) is 10.3 Å². The Bertz CT molecular complexity index is 596. The van der Waals surface area contributed by atoms with Crippen molar-refractivity contribution in [1.82, 2.24) is 4.98 Å². The Kier molecular flexibility index (Phi) is 4.86. The van der Waals surface area contributed by atoms with E-state index < -0.39 is 0 Å². The molecular formula is C13H15N3O2S2. The Balaban J connectivity index is 1.87. The summed E-state index contributed by atoms with van der Waals surface area (Å²) in [4.78, 5) is 16.0. The standard InChI is InChI=1S/C13H15N3O2S2/c1-8-12(20-13(14)15-8)19-7-11(17)16-9-3-5-10(18-2)6-4-9/h3-6H,7H2,1-2H3,(H2,14,15)(H,16,17). The molecule has 0 unspecified atom stereocenters. The molecule has 0 aliphatic carbocycles. The zero-order valence-corrected chi connectivity index (χ0v) is 12.8. The van der Waals surface area contributed by atoms with Crippen LogP contribution >= 0.6 is 23.1 Å². The van der Waals surface area contributed by atoms with E-state index >= 15 is 0 Å². The van der Waals surface area contributed by atoms with Gasteiger partial charge in [0.05, 0.1) is 22.8 Å². The average molecular weight is 309 g/mol. The van der Waals surface area contributed by atoms with Crippen LogP contribution in [0.25, 0.3) is 0 Å². The lowest BCUT2D eigenvalue weighted by molar-refractivity contribution is -0.113. The Morgan fingerprint density at radius 3 is 2.70 bits per heavy atom. The molecular weight excluding hydrogens is 294 g/mol. The topological polar surface area (TPSA) is 77.2 Å². The molecule has 7 heteroatoms. The lowest BCUT2D eigenvalue weighted by Crippen LogP contribution is -2.13. The molecule has 1 aromatic heterocycles. The number of amides is 1. The van der Waals surface area contributed by atoms with Crippen LogP contribution in [0.15, 0.2) is 28.5 Å². The number of methoxy groups -OCH3 is 1. The molecule has 0 radical (unpaired) electrons. The van der Waals surface area contributed by atoms with Crippen LogP contribution in [0.2, 0.25) is 0 Å². The molecule has 1 heterocycles. The third kappa shape index (κ3) is 3.88. The van der Waals surface area contributed by atoms with Gasteiger partial charge < -0.3 is 15.8 Å². The quantitative estimate of drug-likeness (QED) is 0.830. The largest absolute Gasteiger partial charge is 0.497 e. The van der Waals surface area contributed by atoms with E-state index in [1.54, 1.807) is 31.4 Å².